The summed E-state index contributed by atoms with van der Waals surface area (Å²) in [5.41, 5.74) is 2.30. The fourth-order valence-corrected chi connectivity index (χ4v) is 2.98. The molecule has 1 amide bonds. The Kier molecular flexibility index (Phi) is 5.91. The minimum absolute atomic E-state index is 0.257. The SMILES string of the molecule is CC[C@@H](C)c1ccccc1NC(=O)c1cc(Cl)c(OC)c(Cl)c1. The third kappa shape index (κ3) is 3.98. The summed E-state index contributed by atoms with van der Waals surface area (Å²) < 4.78 is 5.10. The van der Waals surface area contributed by atoms with Gasteiger partial charge in [-0.15, -0.1) is 0 Å². The Hall–Kier alpha value is -1.71. The number of carbonyl (C=O) groups is 1. The number of para-hydroxylation sites is 1. The van der Waals surface area contributed by atoms with Crippen molar-refractivity contribution >= 4 is 34.8 Å². The molecule has 0 aliphatic rings. The minimum Gasteiger partial charge on any atom is -0.494 e. The third-order valence-electron chi connectivity index (χ3n) is 3.82. The van der Waals surface area contributed by atoms with Crippen LogP contribution in [-0.4, -0.2) is 13.0 Å². The van der Waals surface area contributed by atoms with E-state index in [4.69, 9.17) is 27.9 Å². The second-order valence-corrected chi connectivity index (χ2v) is 6.14. The van der Waals surface area contributed by atoms with Crippen molar-refractivity contribution in [3.05, 3.63) is 57.6 Å². The van der Waals surface area contributed by atoms with Gasteiger partial charge in [0.15, 0.2) is 5.75 Å². The van der Waals surface area contributed by atoms with Gasteiger partial charge in [0.1, 0.15) is 0 Å². The number of anilines is 1. The molecular weight excluding hydrogens is 333 g/mol. The van der Waals surface area contributed by atoms with Gasteiger partial charge in [-0.3, -0.25) is 4.79 Å². The molecule has 0 aliphatic carbocycles. The van der Waals surface area contributed by atoms with Crippen LogP contribution < -0.4 is 10.1 Å². The van der Waals surface area contributed by atoms with Gasteiger partial charge >= 0.3 is 0 Å². The van der Waals surface area contributed by atoms with Gasteiger partial charge in [-0.1, -0.05) is 55.2 Å². The van der Waals surface area contributed by atoms with Crippen molar-refractivity contribution in [1.29, 1.82) is 0 Å². The van der Waals surface area contributed by atoms with Crippen LogP contribution in [0, 0.1) is 0 Å². The first-order chi connectivity index (χ1) is 11.0. The predicted octanol–water partition coefficient (Wildman–Crippen LogP) is 5.77. The Morgan fingerprint density at radius 3 is 2.39 bits per heavy atom. The van der Waals surface area contributed by atoms with E-state index >= 15 is 0 Å². The van der Waals surface area contributed by atoms with Gasteiger partial charge in [-0.05, 0) is 36.1 Å². The van der Waals surface area contributed by atoms with E-state index in [2.05, 4.69) is 19.2 Å². The topological polar surface area (TPSA) is 38.3 Å². The fourth-order valence-electron chi connectivity index (χ4n) is 2.34. The largest absolute Gasteiger partial charge is 0.494 e. The van der Waals surface area contributed by atoms with Crippen molar-refractivity contribution in [2.45, 2.75) is 26.2 Å². The number of hydrogen-bond acceptors (Lipinski definition) is 2. The van der Waals surface area contributed by atoms with Gasteiger partial charge in [-0.2, -0.15) is 0 Å². The zero-order valence-corrected chi connectivity index (χ0v) is 14.8. The average Bonchev–Trinajstić information content (AvgIpc) is 2.54. The van der Waals surface area contributed by atoms with E-state index in [0.29, 0.717) is 27.3 Å². The van der Waals surface area contributed by atoms with Crippen LogP contribution in [0.1, 0.15) is 42.1 Å². The summed E-state index contributed by atoms with van der Waals surface area (Å²) in [7, 11) is 1.48. The first-order valence-electron chi connectivity index (χ1n) is 7.41. The Balaban J connectivity index is 2.30. The number of amides is 1. The normalized spacial score (nSPS) is 11.9. The highest BCUT2D eigenvalue weighted by Crippen LogP contribution is 2.34. The lowest BCUT2D eigenvalue weighted by Crippen LogP contribution is -2.14. The van der Waals surface area contributed by atoms with Crippen molar-refractivity contribution in [3.8, 4) is 5.75 Å². The van der Waals surface area contributed by atoms with Gasteiger partial charge in [0.25, 0.3) is 5.91 Å². The van der Waals surface area contributed by atoms with Gasteiger partial charge < -0.3 is 10.1 Å². The van der Waals surface area contributed by atoms with Crippen molar-refractivity contribution in [1.82, 2.24) is 0 Å². The van der Waals surface area contributed by atoms with Crippen LogP contribution >= 0.6 is 23.2 Å². The van der Waals surface area contributed by atoms with Gasteiger partial charge in [0, 0.05) is 11.3 Å². The average molecular weight is 352 g/mol. The van der Waals surface area contributed by atoms with E-state index < -0.39 is 0 Å². The predicted molar refractivity (Wildman–Crippen MR) is 96.1 cm³/mol. The van der Waals surface area contributed by atoms with Crippen LogP contribution in [0.15, 0.2) is 36.4 Å². The molecule has 0 unspecified atom stereocenters. The molecule has 0 heterocycles. The minimum atomic E-state index is -0.257. The van der Waals surface area contributed by atoms with Gasteiger partial charge in [0.05, 0.1) is 17.2 Å². The van der Waals surface area contributed by atoms with E-state index in [1.54, 1.807) is 12.1 Å². The molecule has 1 N–H and O–H groups in total. The van der Waals surface area contributed by atoms with E-state index in [1.807, 2.05) is 24.3 Å². The molecule has 0 radical (unpaired) electrons. The number of hydrogen-bond donors (Lipinski definition) is 1. The highest BCUT2D eigenvalue weighted by atomic mass is 35.5. The maximum Gasteiger partial charge on any atom is 0.255 e. The summed E-state index contributed by atoms with van der Waals surface area (Å²) in [5.74, 6) is 0.464. The molecule has 2 aromatic carbocycles. The van der Waals surface area contributed by atoms with Crippen molar-refractivity contribution in [2.24, 2.45) is 0 Å². The fraction of sp³-hybridized carbons (Fsp3) is 0.278. The van der Waals surface area contributed by atoms with E-state index in [9.17, 15) is 4.79 Å². The molecule has 23 heavy (non-hydrogen) atoms. The smallest absolute Gasteiger partial charge is 0.255 e. The second-order valence-electron chi connectivity index (χ2n) is 5.32. The van der Waals surface area contributed by atoms with E-state index in [0.717, 1.165) is 17.7 Å². The third-order valence-corrected chi connectivity index (χ3v) is 4.38. The molecule has 3 nitrogen and oxygen atoms in total. The standard InChI is InChI=1S/C18H19Cl2NO2/c1-4-11(2)13-7-5-6-8-16(13)21-18(22)12-9-14(19)17(23-3)15(20)10-12/h5-11H,4H2,1-3H3,(H,21,22)/t11-/m1/s1. The summed E-state index contributed by atoms with van der Waals surface area (Å²) in [4.78, 5) is 12.5. The van der Waals surface area contributed by atoms with E-state index in [-0.39, 0.29) is 5.91 Å². The van der Waals surface area contributed by atoms with Crippen LogP contribution in [0.2, 0.25) is 10.0 Å². The Bertz CT molecular complexity index is 693. The Morgan fingerprint density at radius 2 is 1.83 bits per heavy atom. The number of methoxy groups -OCH3 is 1. The molecule has 2 aromatic rings. The summed E-state index contributed by atoms with van der Waals surface area (Å²) in [6, 6.07) is 10.9. The molecule has 0 saturated heterocycles. The molecule has 0 aromatic heterocycles. The lowest BCUT2D eigenvalue weighted by Gasteiger charge is -2.16. The monoisotopic (exact) mass is 351 g/mol. The van der Waals surface area contributed by atoms with Crippen LogP contribution in [0.4, 0.5) is 5.69 Å². The summed E-state index contributed by atoms with van der Waals surface area (Å²) in [6.07, 6.45) is 0.993. The van der Waals surface area contributed by atoms with Crippen molar-refractivity contribution < 1.29 is 9.53 Å². The first kappa shape index (κ1) is 17.6. The number of benzene rings is 2. The zero-order valence-electron chi connectivity index (χ0n) is 13.3. The molecular formula is C18H19Cl2NO2. The van der Waals surface area contributed by atoms with Gasteiger partial charge in [0.2, 0.25) is 0 Å². The second kappa shape index (κ2) is 7.71. The van der Waals surface area contributed by atoms with Gasteiger partial charge in [-0.25, -0.2) is 0 Å². The first-order valence-corrected chi connectivity index (χ1v) is 8.16. The van der Waals surface area contributed by atoms with Crippen LogP contribution in [-0.2, 0) is 0 Å². The number of rotatable bonds is 5. The zero-order chi connectivity index (χ0) is 17.0. The molecule has 0 spiro atoms. The molecule has 2 rings (SSSR count). The Labute approximate surface area is 146 Å². The van der Waals surface area contributed by atoms with E-state index in [1.165, 1.54) is 7.11 Å². The number of nitrogens with one attached hydrogen (secondary N) is 1. The summed E-state index contributed by atoms with van der Waals surface area (Å²) in [6.45, 7) is 4.25. The molecule has 0 saturated carbocycles. The number of ether oxygens (including phenoxy) is 1. The highest BCUT2D eigenvalue weighted by Gasteiger charge is 2.16. The lowest BCUT2D eigenvalue weighted by molar-refractivity contribution is 0.102. The van der Waals surface area contributed by atoms with Crippen LogP contribution in [0.3, 0.4) is 0 Å². The van der Waals surface area contributed by atoms with Crippen LogP contribution in [0.25, 0.3) is 0 Å². The maximum absolute atomic E-state index is 12.5. The number of carbonyl (C=O) groups excluding carboxylic acids is 1. The summed E-state index contributed by atoms with van der Waals surface area (Å²) >= 11 is 12.2. The number of halogens is 2. The molecule has 122 valence electrons. The molecule has 0 aliphatic heterocycles. The maximum atomic E-state index is 12.5. The quantitative estimate of drug-likeness (QED) is 0.742. The van der Waals surface area contributed by atoms with Crippen molar-refractivity contribution in [2.75, 3.05) is 12.4 Å². The highest BCUT2D eigenvalue weighted by molar-refractivity contribution is 6.37. The molecule has 5 heteroatoms. The van der Waals surface area contributed by atoms with Crippen LogP contribution in [0.5, 0.6) is 5.75 Å². The lowest BCUT2D eigenvalue weighted by atomic mass is 9.97. The van der Waals surface area contributed by atoms with Crippen molar-refractivity contribution in [3.63, 3.8) is 0 Å². The Morgan fingerprint density at radius 1 is 1.22 bits per heavy atom. The molecule has 1 atom stereocenters. The summed E-state index contributed by atoms with van der Waals surface area (Å²) in [5, 5.41) is 3.55. The molecule has 0 fully saturated rings. The molecule has 0 bridgehead atoms.